The van der Waals surface area contributed by atoms with Crippen LogP contribution in [-0.2, 0) is 22.4 Å². The van der Waals surface area contributed by atoms with E-state index in [-0.39, 0.29) is 29.3 Å². The van der Waals surface area contributed by atoms with Crippen LogP contribution in [0.1, 0.15) is 6.92 Å². The van der Waals surface area contributed by atoms with Gasteiger partial charge in [-0.3, -0.25) is 0 Å². The van der Waals surface area contributed by atoms with Crippen molar-refractivity contribution < 1.29 is 39.9 Å². The Bertz CT molecular complexity index is 669. The predicted molar refractivity (Wildman–Crippen MR) is 101 cm³/mol. The van der Waals surface area contributed by atoms with E-state index in [0.717, 1.165) is 0 Å². The summed E-state index contributed by atoms with van der Waals surface area (Å²) in [7, 11) is -0.446. The molecule has 0 nitrogen and oxygen atoms in total. The molecule has 27 heavy (non-hydrogen) atoms. The van der Waals surface area contributed by atoms with Crippen LogP contribution in [0.2, 0.25) is 0 Å². The molecule has 0 atom stereocenters. The van der Waals surface area contributed by atoms with Gasteiger partial charge in [0.25, 0.3) is 0 Å². The van der Waals surface area contributed by atoms with Crippen LogP contribution < -0.4 is 15.9 Å². The average Bonchev–Trinajstić information content (AvgIpc) is 2.64. The summed E-state index contributed by atoms with van der Waals surface area (Å²) in [5, 5.41) is 4.19. The molecule has 0 aromatic heterocycles. The largest absolute Gasteiger partial charge is 1.00 e. The summed E-state index contributed by atoms with van der Waals surface area (Å²) >= 11 is 0. The molecule has 6 heteroatoms. The summed E-state index contributed by atoms with van der Waals surface area (Å²) in [4.78, 5) is 0. The summed E-state index contributed by atoms with van der Waals surface area (Å²) < 4.78 is 43.5. The van der Waals surface area contributed by atoms with Crippen molar-refractivity contribution in [1.29, 1.82) is 0 Å². The Balaban J connectivity index is 0.000000395. The molecule has 0 bridgehead atoms. The molecule has 0 aliphatic heterocycles. The summed E-state index contributed by atoms with van der Waals surface area (Å²) in [6.07, 6.45) is -2.84. The molecule has 0 N–H and O–H groups in total. The second-order valence-electron chi connectivity index (χ2n) is 5.49. The Hall–Kier alpha value is -1.45. The van der Waals surface area contributed by atoms with Gasteiger partial charge in [0.2, 0.25) is 0 Å². The Morgan fingerprint density at radius 1 is 0.630 bits per heavy atom. The van der Waals surface area contributed by atoms with Crippen LogP contribution in [0.5, 0.6) is 0 Å². The molecule has 0 unspecified atom stereocenters. The Morgan fingerprint density at radius 3 is 1.04 bits per heavy atom. The zero-order valence-electron chi connectivity index (χ0n) is 14.4. The second kappa shape index (κ2) is 11.4. The number of rotatable bonds is 4. The normalized spacial score (nSPS) is 10.8. The van der Waals surface area contributed by atoms with E-state index in [1.807, 2.05) is 0 Å². The Kier molecular flexibility index (Phi) is 9.97. The smallest absolute Gasteiger partial charge is 0.415 e. The first-order valence-corrected chi connectivity index (χ1v) is 9.25. The number of hydrogen-bond donors (Lipinski definition) is 0. The summed E-state index contributed by atoms with van der Waals surface area (Å²) in [5.41, 5.74) is 0. The second-order valence-corrected chi connectivity index (χ2v) is 7.71. The molecule has 0 saturated carbocycles. The van der Waals surface area contributed by atoms with Crippen LogP contribution >= 0.6 is 7.92 Å². The fourth-order valence-corrected chi connectivity index (χ4v) is 4.48. The van der Waals surface area contributed by atoms with E-state index < -0.39 is 20.3 Å². The van der Waals surface area contributed by atoms with Crippen molar-refractivity contribution in [2.24, 2.45) is 0 Å². The molecular formula is C21H18AuF4P. The quantitative estimate of drug-likeness (QED) is 0.167. The van der Waals surface area contributed by atoms with Crippen molar-refractivity contribution in [3.8, 4) is 0 Å². The third-order valence-electron chi connectivity index (χ3n) is 3.38. The number of halogens is 4. The fraction of sp³-hybridized carbons (Fsp3) is 0.0952. The molecule has 0 saturated heterocycles. The van der Waals surface area contributed by atoms with Gasteiger partial charge in [-0.1, -0.05) is 91.0 Å². The first-order valence-electron chi connectivity index (χ1n) is 7.91. The van der Waals surface area contributed by atoms with Gasteiger partial charge in [-0.2, -0.15) is 0 Å². The molecule has 0 heterocycles. The molecule has 0 spiro atoms. The van der Waals surface area contributed by atoms with E-state index in [1.165, 1.54) is 15.9 Å². The zero-order chi connectivity index (χ0) is 19.0. The van der Waals surface area contributed by atoms with Gasteiger partial charge in [0.05, 0.1) is 6.43 Å². The Labute approximate surface area is 173 Å². The topological polar surface area (TPSA) is 0 Å². The molecule has 0 aliphatic rings. The number of hydrogen-bond acceptors (Lipinski definition) is 0. The van der Waals surface area contributed by atoms with Crippen LogP contribution in [0.15, 0.2) is 91.0 Å². The van der Waals surface area contributed by atoms with Gasteiger partial charge in [-0.25, -0.2) is 8.78 Å². The summed E-state index contributed by atoms with van der Waals surface area (Å²) in [6, 6.07) is 32.3. The summed E-state index contributed by atoms with van der Waals surface area (Å²) in [6.45, 7) is 0.141. The molecule has 146 valence electrons. The van der Waals surface area contributed by atoms with E-state index in [1.54, 1.807) is 0 Å². The SMILES string of the molecule is CC(F)(F)[C-](F)F.[Au+].c1ccc(P(c2ccccc2)c2ccccc2)cc1. The fourth-order valence-electron chi connectivity index (χ4n) is 2.18. The minimum absolute atomic E-state index is 0. The van der Waals surface area contributed by atoms with Crippen molar-refractivity contribution in [3.05, 3.63) is 97.4 Å². The molecular weight excluding hydrogens is 556 g/mol. The third-order valence-corrected chi connectivity index (χ3v) is 5.82. The number of benzene rings is 3. The van der Waals surface area contributed by atoms with E-state index in [2.05, 4.69) is 91.0 Å². The van der Waals surface area contributed by atoms with E-state index in [9.17, 15) is 17.6 Å². The van der Waals surface area contributed by atoms with E-state index in [4.69, 9.17) is 0 Å². The van der Waals surface area contributed by atoms with Gasteiger partial charge in [0.15, 0.2) is 5.92 Å². The van der Waals surface area contributed by atoms with Gasteiger partial charge >= 0.3 is 22.4 Å². The zero-order valence-corrected chi connectivity index (χ0v) is 17.5. The van der Waals surface area contributed by atoms with Gasteiger partial charge < -0.3 is 8.78 Å². The van der Waals surface area contributed by atoms with Crippen LogP contribution in [0.25, 0.3) is 0 Å². The van der Waals surface area contributed by atoms with Crippen molar-refractivity contribution in [3.63, 3.8) is 0 Å². The predicted octanol–water partition coefficient (Wildman–Crippen LogP) is 5.51. The third kappa shape index (κ3) is 7.59. The maximum Gasteiger partial charge on any atom is 1.00 e. The number of alkyl halides is 2. The van der Waals surface area contributed by atoms with Crippen molar-refractivity contribution in [1.82, 2.24) is 0 Å². The molecule has 0 aliphatic carbocycles. The van der Waals surface area contributed by atoms with Gasteiger partial charge in [-0.15, -0.1) is 0 Å². The first-order chi connectivity index (χ1) is 12.4. The van der Waals surface area contributed by atoms with Crippen LogP contribution in [-0.4, -0.2) is 5.92 Å². The van der Waals surface area contributed by atoms with Crippen LogP contribution in [0, 0.1) is 6.43 Å². The van der Waals surface area contributed by atoms with E-state index in [0.29, 0.717) is 0 Å². The minimum atomic E-state index is -3.92. The van der Waals surface area contributed by atoms with Gasteiger partial charge in [0.1, 0.15) is 0 Å². The van der Waals surface area contributed by atoms with Crippen molar-refractivity contribution in [2.75, 3.05) is 0 Å². The van der Waals surface area contributed by atoms with E-state index >= 15 is 0 Å². The first kappa shape index (κ1) is 23.6. The molecule has 0 amide bonds. The molecule has 3 aromatic carbocycles. The van der Waals surface area contributed by atoms with Crippen LogP contribution in [0.3, 0.4) is 0 Å². The molecule has 3 aromatic rings. The van der Waals surface area contributed by atoms with Gasteiger partial charge in [-0.05, 0) is 30.8 Å². The average molecular weight is 574 g/mol. The molecule has 0 radical (unpaired) electrons. The Morgan fingerprint density at radius 2 is 0.852 bits per heavy atom. The monoisotopic (exact) mass is 574 g/mol. The maximum atomic E-state index is 11.1. The van der Waals surface area contributed by atoms with Crippen molar-refractivity contribution >= 4 is 23.8 Å². The standard InChI is InChI=1S/C18H15P.C3H3F4.Au/c1-4-10-16(11-5-1)19(17-12-6-2-7-13-17)18-14-8-3-9-15-18;1-3(6,7)2(4)5;/h1-15H;1H3;/q;-1;+1. The summed E-state index contributed by atoms with van der Waals surface area (Å²) in [5.74, 6) is -3.92. The van der Waals surface area contributed by atoms with Crippen molar-refractivity contribution in [2.45, 2.75) is 12.8 Å². The molecule has 3 rings (SSSR count). The maximum absolute atomic E-state index is 11.1. The molecule has 0 fully saturated rings. The van der Waals surface area contributed by atoms with Crippen LogP contribution in [0.4, 0.5) is 17.6 Å². The minimum Gasteiger partial charge on any atom is -0.415 e. The van der Waals surface area contributed by atoms with Gasteiger partial charge in [0, 0.05) is 0 Å².